The van der Waals surface area contributed by atoms with Crippen molar-refractivity contribution in [1.29, 1.82) is 0 Å². The molecule has 10 heteroatoms. The van der Waals surface area contributed by atoms with Crippen LogP contribution < -0.4 is 20.1 Å². The second kappa shape index (κ2) is 12.7. The smallest absolute Gasteiger partial charge is 0.387 e. The number of alkyl halides is 2. The molecule has 0 fully saturated rings. The first-order chi connectivity index (χ1) is 14.2. The van der Waals surface area contributed by atoms with Gasteiger partial charge in [0.15, 0.2) is 17.5 Å². The predicted octanol–water partition coefficient (Wildman–Crippen LogP) is 4.85. The third-order valence-electron chi connectivity index (χ3n) is 4.02. The highest BCUT2D eigenvalue weighted by atomic mass is 127. The molecular weight excluding hydrogens is 521 g/mol. The van der Waals surface area contributed by atoms with E-state index in [9.17, 15) is 8.78 Å². The standard InChI is InChI=1S/C21H30F2N4O3.HI/c1-6-24-20(27-13-17-25-12-16(29-17)21(3,4)5)26-11-14-9-8-10-15(28-7-2)18(14)30-19(22)23;/h8-10,12,19H,6-7,11,13H2,1-5H3,(H2,24,26,27);1H. The van der Waals surface area contributed by atoms with E-state index in [1.807, 2.05) is 27.7 Å². The summed E-state index contributed by atoms with van der Waals surface area (Å²) in [5, 5.41) is 6.24. The molecule has 0 saturated heterocycles. The molecule has 1 aromatic carbocycles. The Labute approximate surface area is 199 Å². The van der Waals surface area contributed by atoms with E-state index < -0.39 is 6.61 Å². The van der Waals surface area contributed by atoms with Crippen LogP contribution in [0.3, 0.4) is 0 Å². The largest absolute Gasteiger partial charge is 0.490 e. The summed E-state index contributed by atoms with van der Waals surface area (Å²) in [6.45, 7) is 8.32. The number of nitrogens with one attached hydrogen (secondary N) is 2. The molecule has 0 saturated carbocycles. The van der Waals surface area contributed by atoms with E-state index in [2.05, 4.69) is 20.6 Å². The molecular formula is C21H31F2IN4O3. The second-order valence-electron chi connectivity index (χ2n) is 7.47. The average molecular weight is 552 g/mol. The Morgan fingerprint density at radius 2 is 1.97 bits per heavy atom. The molecule has 2 aromatic rings. The summed E-state index contributed by atoms with van der Waals surface area (Å²) in [5.74, 6) is 2.08. The molecule has 0 amide bonds. The van der Waals surface area contributed by atoms with Gasteiger partial charge in [0.2, 0.25) is 5.89 Å². The maximum atomic E-state index is 12.9. The van der Waals surface area contributed by atoms with Crippen molar-refractivity contribution in [3.63, 3.8) is 0 Å². The fourth-order valence-corrected chi connectivity index (χ4v) is 2.58. The van der Waals surface area contributed by atoms with Gasteiger partial charge in [-0.3, -0.25) is 0 Å². The van der Waals surface area contributed by atoms with Gasteiger partial charge in [-0.2, -0.15) is 8.78 Å². The highest BCUT2D eigenvalue weighted by molar-refractivity contribution is 14.0. The van der Waals surface area contributed by atoms with Gasteiger partial charge >= 0.3 is 6.61 Å². The van der Waals surface area contributed by atoms with Crippen LogP contribution >= 0.6 is 24.0 Å². The van der Waals surface area contributed by atoms with Gasteiger partial charge in [-0.25, -0.2) is 9.98 Å². The molecule has 0 spiro atoms. The van der Waals surface area contributed by atoms with Crippen LogP contribution in [0.2, 0.25) is 0 Å². The monoisotopic (exact) mass is 552 g/mol. The molecule has 0 aliphatic heterocycles. The zero-order valence-electron chi connectivity index (χ0n) is 18.5. The van der Waals surface area contributed by atoms with Crippen molar-refractivity contribution in [2.24, 2.45) is 4.99 Å². The number of ether oxygens (including phenoxy) is 2. The molecule has 0 radical (unpaired) electrons. The highest BCUT2D eigenvalue weighted by Gasteiger charge is 2.19. The predicted molar refractivity (Wildman–Crippen MR) is 127 cm³/mol. The zero-order valence-corrected chi connectivity index (χ0v) is 20.8. The Balaban J connectivity index is 0.00000480. The van der Waals surface area contributed by atoms with Gasteiger partial charge in [0.25, 0.3) is 0 Å². The molecule has 174 valence electrons. The van der Waals surface area contributed by atoms with Crippen molar-refractivity contribution < 1.29 is 22.7 Å². The Hall–Kier alpha value is -2.11. The molecule has 31 heavy (non-hydrogen) atoms. The van der Waals surface area contributed by atoms with Gasteiger partial charge in [0.1, 0.15) is 5.76 Å². The summed E-state index contributed by atoms with van der Waals surface area (Å²) < 4.78 is 41.6. The number of rotatable bonds is 9. The molecule has 1 aromatic heterocycles. The second-order valence-corrected chi connectivity index (χ2v) is 7.47. The zero-order chi connectivity index (χ0) is 22.1. The summed E-state index contributed by atoms with van der Waals surface area (Å²) in [6, 6.07) is 4.99. The summed E-state index contributed by atoms with van der Waals surface area (Å²) in [5.41, 5.74) is 0.362. The average Bonchev–Trinajstić information content (AvgIpc) is 3.15. The number of nitrogens with zero attached hydrogens (tertiary/aromatic N) is 2. The number of halogens is 3. The van der Waals surface area contributed by atoms with Crippen molar-refractivity contribution in [3.05, 3.63) is 41.6 Å². The lowest BCUT2D eigenvalue weighted by atomic mass is 9.94. The van der Waals surface area contributed by atoms with Crippen LogP contribution in [-0.2, 0) is 18.5 Å². The maximum absolute atomic E-state index is 12.9. The molecule has 0 bridgehead atoms. The fourth-order valence-electron chi connectivity index (χ4n) is 2.58. The van der Waals surface area contributed by atoms with Crippen molar-refractivity contribution in [2.75, 3.05) is 13.2 Å². The van der Waals surface area contributed by atoms with Gasteiger partial charge in [-0.15, -0.1) is 24.0 Å². The van der Waals surface area contributed by atoms with Gasteiger partial charge in [0.05, 0.1) is 25.9 Å². The first kappa shape index (κ1) is 26.9. The van der Waals surface area contributed by atoms with E-state index in [-0.39, 0.29) is 47.4 Å². The van der Waals surface area contributed by atoms with Crippen molar-refractivity contribution in [3.8, 4) is 11.5 Å². The number of benzene rings is 1. The van der Waals surface area contributed by atoms with Crippen LogP contribution in [0.1, 0.15) is 51.8 Å². The van der Waals surface area contributed by atoms with Crippen LogP contribution in [0.4, 0.5) is 8.78 Å². The molecule has 0 unspecified atom stereocenters. The van der Waals surface area contributed by atoms with E-state index in [0.717, 1.165) is 5.76 Å². The van der Waals surface area contributed by atoms with Crippen LogP contribution in [0.15, 0.2) is 33.8 Å². The minimum Gasteiger partial charge on any atom is -0.490 e. The topological polar surface area (TPSA) is 80.9 Å². The van der Waals surface area contributed by atoms with E-state index in [0.29, 0.717) is 37.1 Å². The number of hydrogen-bond acceptors (Lipinski definition) is 5. The lowest BCUT2D eigenvalue weighted by Crippen LogP contribution is -2.36. The Morgan fingerprint density at radius 3 is 2.55 bits per heavy atom. The summed E-state index contributed by atoms with van der Waals surface area (Å²) in [4.78, 5) is 8.75. The number of hydrogen-bond donors (Lipinski definition) is 2. The molecule has 0 aliphatic rings. The van der Waals surface area contributed by atoms with Crippen LogP contribution in [0, 0.1) is 0 Å². The van der Waals surface area contributed by atoms with E-state index in [1.165, 1.54) is 0 Å². The maximum Gasteiger partial charge on any atom is 0.387 e. The number of para-hydroxylation sites is 1. The third kappa shape index (κ3) is 8.50. The van der Waals surface area contributed by atoms with E-state index >= 15 is 0 Å². The number of aliphatic imine (C=N–C) groups is 1. The lowest BCUT2D eigenvalue weighted by Gasteiger charge is -2.15. The number of aromatic nitrogens is 1. The lowest BCUT2D eigenvalue weighted by molar-refractivity contribution is -0.0520. The van der Waals surface area contributed by atoms with Gasteiger partial charge < -0.3 is 24.5 Å². The van der Waals surface area contributed by atoms with Crippen molar-refractivity contribution >= 4 is 29.9 Å². The summed E-state index contributed by atoms with van der Waals surface area (Å²) in [7, 11) is 0. The van der Waals surface area contributed by atoms with E-state index in [4.69, 9.17) is 13.9 Å². The third-order valence-corrected chi connectivity index (χ3v) is 4.02. The Kier molecular flexibility index (Phi) is 11.0. The highest BCUT2D eigenvalue weighted by Crippen LogP contribution is 2.33. The van der Waals surface area contributed by atoms with Crippen LogP contribution in [0.5, 0.6) is 11.5 Å². The van der Waals surface area contributed by atoms with Crippen LogP contribution in [0.25, 0.3) is 0 Å². The minimum absolute atomic E-state index is 0. The van der Waals surface area contributed by atoms with Gasteiger partial charge in [-0.1, -0.05) is 32.9 Å². The Morgan fingerprint density at radius 1 is 1.23 bits per heavy atom. The first-order valence-corrected chi connectivity index (χ1v) is 9.91. The SMILES string of the molecule is CCNC(=NCc1cccc(OCC)c1OC(F)F)NCc1ncc(C(C)(C)C)o1.I. The normalized spacial score (nSPS) is 11.8. The first-order valence-electron chi connectivity index (χ1n) is 9.91. The summed E-state index contributed by atoms with van der Waals surface area (Å²) in [6.07, 6.45) is 1.72. The molecule has 0 aliphatic carbocycles. The fraction of sp³-hybridized carbons (Fsp3) is 0.524. The van der Waals surface area contributed by atoms with Gasteiger partial charge in [0, 0.05) is 17.5 Å². The van der Waals surface area contributed by atoms with Crippen molar-refractivity contribution in [1.82, 2.24) is 15.6 Å². The van der Waals surface area contributed by atoms with Gasteiger partial charge in [-0.05, 0) is 19.9 Å². The Bertz CT molecular complexity index is 838. The summed E-state index contributed by atoms with van der Waals surface area (Å²) >= 11 is 0. The quantitative estimate of drug-likeness (QED) is 0.263. The van der Waals surface area contributed by atoms with E-state index in [1.54, 1.807) is 31.3 Å². The minimum atomic E-state index is -2.96. The number of oxazole rings is 1. The van der Waals surface area contributed by atoms with Crippen molar-refractivity contribution in [2.45, 2.75) is 59.7 Å². The molecule has 2 rings (SSSR count). The molecule has 0 atom stereocenters. The number of guanidine groups is 1. The van der Waals surface area contributed by atoms with Crippen LogP contribution in [-0.4, -0.2) is 30.7 Å². The molecule has 1 heterocycles. The molecule has 7 nitrogen and oxygen atoms in total. The molecule has 2 N–H and O–H groups in total.